The number of aliphatic hydroxyl groups is 1. The van der Waals surface area contributed by atoms with Crippen molar-refractivity contribution < 1.29 is 9.84 Å². The number of hydrogen-bond acceptors (Lipinski definition) is 3. The van der Waals surface area contributed by atoms with Crippen LogP contribution in [0.5, 0.6) is 5.75 Å². The van der Waals surface area contributed by atoms with E-state index in [1.54, 1.807) is 31.5 Å². The van der Waals surface area contributed by atoms with Gasteiger partial charge in [0.05, 0.1) is 29.0 Å². The van der Waals surface area contributed by atoms with Gasteiger partial charge in [0.2, 0.25) is 0 Å². The summed E-state index contributed by atoms with van der Waals surface area (Å²) in [7, 11) is 1.61. The Kier molecular flexibility index (Phi) is 4.57. The summed E-state index contributed by atoms with van der Waals surface area (Å²) in [4.78, 5) is 7.38. The minimum atomic E-state index is -0.923. The summed E-state index contributed by atoms with van der Waals surface area (Å²) in [5.74, 6) is 1.15. The summed E-state index contributed by atoms with van der Waals surface area (Å²) in [5, 5.41) is 11.3. The van der Waals surface area contributed by atoms with E-state index < -0.39 is 6.10 Å². The third-order valence-electron chi connectivity index (χ3n) is 3.51. The molecule has 3 rings (SSSR count). The van der Waals surface area contributed by atoms with Gasteiger partial charge in [-0.3, -0.25) is 0 Å². The number of nitrogens with zero attached hydrogens (tertiary/aromatic N) is 1. The number of methoxy groups -OCH3 is 1. The molecular formula is C17H14Cl2N2O2. The number of aliphatic hydroxyl groups excluding tert-OH is 1. The summed E-state index contributed by atoms with van der Waals surface area (Å²) in [6.07, 6.45) is 0.738. The fourth-order valence-electron chi connectivity index (χ4n) is 2.32. The van der Waals surface area contributed by atoms with Crippen LogP contribution in [0, 0.1) is 0 Å². The van der Waals surface area contributed by atoms with Crippen molar-refractivity contribution in [3.63, 3.8) is 0 Å². The average molecular weight is 349 g/mol. The number of imidazole rings is 1. The van der Waals surface area contributed by atoms with Gasteiger partial charge in [-0.2, -0.15) is 0 Å². The van der Waals surface area contributed by atoms with E-state index in [2.05, 4.69) is 9.97 Å². The van der Waals surface area contributed by atoms with Gasteiger partial charge in [0.1, 0.15) is 17.7 Å². The average Bonchev–Trinajstić information content (AvgIpc) is 3.06. The second-order valence-corrected chi connectivity index (χ2v) is 5.77. The molecule has 0 aliphatic rings. The number of aromatic nitrogens is 2. The van der Waals surface area contributed by atoms with E-state index in [0.29, 0.717) is 21.4 Å². The van der Waals surface area contributed by atoms with E-state index in [1.807, 2.05) is 24.3 Å². The molecule has 0 aliphatic carbocycles. The van der Waals surface area contributed by atoms with Crippen LogP contribution < -0.4 is 4.74 Å². The number of aromatic amines is 1. The first kappa shape index (κ1) is 15.9. The zero-order valence-corrected chi connectivity index (χ0v) is 13.8. The van der Waals surface area contributed by atoms with Crippen LogP contribution in [0.25, 0.3) is 11.3 Å². The lowest BCUT2D eigenvalue weighted by Gasteiger charge is -2.09. The van der Waals surface area contributed by atoms with Gasteiger partial charge >= 0.3 is 0 Å². The predicted molar refractivity (Wildman–Crippen MR) is 91.1 cm³/mol. The number of para-hydroxylation sites is 1. The number of rotatable bonds is 4. The Morgan fingerprint density at radius 2 is 1.91 bits per heavy atom. The monoisotopic (exact) mass is 348 g/mol. The van der Waals surface area contributed by atoms with Crippen molar-refractivity contribution in [3.8, 4) is 17.0 Å². The maximum atomic E-state index is 10.5. The molecule has 118 valence electrons. The standard InChI is InChI=1S/C17H14Cl2N2O2/c1-23-15-5-3-2-4-11(15)14-9-20-17(21-14)16(22)10-6-7-12(18)13(19)8-10/h2-9,16,22H,1H3,(H,20,21). The molecule has 3 aromatic rings. The van der Waals surface area contributed by atoms with Crippen molar-refractivity contribution in [2.45, 2.75) is 6.10 Å². The highest BCUT2D eigenvalue weighted by Crippen LogP contribution is 2.31. The topological polar surface area (TPSA) is 58.1 Å². The van der Waals surface area contributed by atoms with Gasteiger partial charge < -0.3 is 14.8 Å². The van der Waals surface area contributed by atoms with Crippen LogP contribution in [0.1, 0.15) is 17.5 Å². The maximum absolute atomic E-state index is 10.5. The second kappa shape index (κ2) is 6.62. The highest BCUT2D eigenvalue weighted by molar-refractivity contribution is 6.42. The Morgan fingerprint density at radius 1 is 1.13 bits per heavy atom. The van der Waals surface area contributed by atoms with Crippen LogP contribution in [-0.4, -0.2) is 22.2 Å². The molecule has 1 unspecified atom stereocenters. The van der Waals surface area contributed by atoms with E-state index in [1.165, 1.54) is 0 Å². The second-order valence-electron chi connectivity index (χ2n) is 4.96. The number of benzene rings is 2. The molecule has 23 heavy (non-hydrogen) atoms. The maximum Gasteiger partial charge on any atom is 0.140 e. The molecule has 1 atom stereocenters. The van der Waals surface area contributed by atoms with Gasteiger partial charge in [-0.15, -0.1) is 0 Å². The molecule has 0 aliphatic heterocycles. The highest BCUT2D eigenvalue weighted by Gasteiger charge is 2.17. The van der Waals surface area contributed by atoms with Gasteiger partial charge in [-0.25, -0.2) is 4.98 Å². The lowest BCUT2D eigenvalue weighted by Crippen LogP contribution is -2.02. The molecule has 0 bridgehead atoms. The van der Waals surface area contributed by atoms with Gasteiger partial charge in [-0.05, 0) is 29.8 Å². The first-order valence-electron chi connectivity index (χ1n) is 6.91. The van der Waals surface area contributed by atoms with E-state index in [0.717, 1.165) is 17.0 Å². The third kappa shape index (κ3) is 3.20. The minimum absolute atomic E-state index is 0.389. The first-order chi connectivity index (χ1) is 11.1. The first-order valence-corrected chi connectivity index (χ1v) is 7.67. The molecule has 2 aromatic carbocycles. The predicted octanol–water partition coefficient (Wildman–Crippen LogP) is 4.47. The molecule has 0 spiro atoms. The van der Waals surface area contributed by atoms with Gasteiger partial charge in [0, 0.05) is 5.56 Å². The van der Waals surface area contributed by atoms with Crippen LogP contribution in [-0.2, 0) is 0 Å². The molecule has 0 saturated heterocycles. The minimum Gasteiger partial charge on any atom is -0.496 e. The summed E-state index contributed by atoms with van der Waals surface area (Å²) in [6, 6.07) is 12.6. The zero-order chi connectivity index (χ0) is 16.4. The fraction of sp³-hybridized carbons (Fsp3) is 0.118. The Bertz CT molecular complexity index is 833. The van der Waals surface area contributed by atoms with Crippen molar-refractivity contribution in [1.29, 1.82) is 0 Å². The van der Waals surface area contributed by atoms with Crippen LogP contribution in [0.4, 0.5) is 0 Å². The Morgan fingerprint density at radius 3 is 2.65 bits per heavy atom. The third-order valence-corrected chi connectivity index (χ3v) is 4.25. The molecule has 4 nitrogen and oxygen atoms in total. The van der Waals surface area contributed by atoms with Crippen LogP contribution in [0.2, 0.25) is 10.0 Å². The summed E-state index contributed by atoms with van der Waals surface area (Å²) < 4.78 is 5.34. The largest absolute Gasteiger partial charge is 0.496 e. The SMILES string of the molecule is COc1ccccc1-c1cnc(C(O)c2ccc(Cl)c(Cl)c2)[nH]1. The lowest BCUT2D eigenvalue weighted by molar-refractivity contribution is 0.211. The Labute approximate surface area is 143 Å². The molecule has 1 aromatic heterocycles. The quantitative estimate of drug-likeness (QED) is 0.730. The smallest absolute Gasteiger partial charge is 0.140 e. The molecule has 2 N–H and O–H groups in total. The van der Waals surface area contributed by atoms with Gasteiger partial charge in [0.15, 0.2) is 0 Å². The zero-order valence-electron chi connectivity index (χ0n) is 12.3. The number of H-pyrrole nitrogens is 1. The van der Waals surface area contributed by atoms with E-state index in [4.69, 9.17) is 27.9 Å². The Hall–Kier alpha value is -2.01. The number of hydrogen-bond donors (Lipinski definition) is 2. The van der Waals surface area contributed by atoms with Crippen LogP contribution in [0.15, 0.2) is 48.7 Å². The molecule has 0 radical (unpaired) electrons. The van der Waals surface area contributed by atoms with Crippen LogP contribution in [0.3, 0.4) is 0 Å². The van der Waals surface area contributed by atoms with E-state index >= 15 is 0 Å². The van der Waals surface area contributed by atoms with Crippen molar-refractivity contribution in [1.82, 2.24) is 9.97 Å². The molecule has 0 saturated carbocycles. The van der Waals surface area contributed by atoms with Crippen LogP contribution >= 0.6 is 23.2 Å². The molecular weight excluding hydrogens is 335 g/mol. The Balaban J connectivity index is 1.93. The molecule has 6 heteroatoms. The molecule has 0 amide bonds. The van der Waals surface area contributed by atoms with Crippen molar-refractivity contribution in [2.75, 3.05) is 7.11 Å². The summed E-state index contributed by atoms with van der Waals surface area (Å²) in [6.45, 7) is 0. The highest BCUT2D eigenvalue weighted by atomic mass is 35.5. The summed E-state index contributed by atoms with van der Waals surface area (Å²) >= 11 is 11.9. The number of halogens is 2. The number of nitrogens with one attached hydrogen (secondary N) is 1. The van der Waals surface area contributed by atoms with Gasteiger partial charge in [-0.1, -0.05) is 41.4 Å². The molecule has 1 heterocycles. The number of ether oxygens (including phenoxy) is 1. The van der Waals surface area contributed by atoms with Gasteiger partial charge in [0.25, 0.3) is 0 Å². The fourth-order valence-corrected chi connectivity index (χ4v) is 2.63. The normalized spacial score (nSPS) is 12.2. The van der Waals surface area contributed by atoms with Crippen molar-refractivity contribution >= 4 is 23.2 Å². The van der Waals surface area contributed by atoms with E-state index in [-0.39, 0.29) is 0 Å². The van der Waals surface area contributed by atoms with Crippen molar-refractivity contribution in [3.05, 3.63) is 70.1 Å². The molecule has 0 fully saturated rings. The van der Waals surface area contributed by atoms with Crippen molar-refractivity contribution in [2.24, 2.45) is 0 Å². The lowest BCUT2D eigenvalue weighted by atomic mass is 10.1. The van der Waals surface area contributed by atoms with E-state index in [9.17, 15) is 5.11 Å². The summed E-state index contributed by atoms with van der Waals surface area (Å²) in [5.41, 5.74) is 2.24.